The van der Waals surface area contributed by atoms with Crippen molar-refractivity contribution in [1.82, 2.24) is 0 Å². The lowest BCUT2D eigenvalue weighted by atomic mass is 10.2. The van der Waals surface area contributed by atoms with Gasteiger partial charge in [0.1, 0.15) is 5.75 Å². The molecule has 0 saturated heterocycles. The van der Waals surface area contributed by atoms with E-state index in [-0.39, 0.29) is 5.91 Å². The Balaban J connectivity index is 2.10. The summed E-state index contributed by atoms with van der Waals surface area (Å²) in [6.07, 6.45) is 0. The molecule has 1 amide bonds. The summed E-state index contributed by atoms with van der Waals surface area (Å²) in [6, 6.07) is 13.6. The van der Waals surface area contributed by atoms with Crippen molar-refractivity contribution in [2.75, 3.05) is 23.9 Å². The van der Waals surface area contributed by atoms with Gasteiger partial charge in [0.05, 0.1) is 11.6 Å². The summed E-state index contributed by atoms with van der Waals surface area (Å²) in [5, 5.41) is 2.92. The van der Waals surface area contributed by atoms with Crippen LogP contribution in [0.5, 0.6) is 5.75 Å². The molecule has 0 bridgehead atoms. The summed E-state index contributed by atoms with van der Waals surface area (Å²) in [7, 11) is 1.60. The first-order chi connectivity index (χ1) is 11.5. The lowest BCUT2D eigenvalue weighted by Crippen LogP contribution is -2.30. The highest BCUT2D eigenvalue weighted by Gasteiger charge is 2.11. The average Bonchev–Trinajstić information content (AvgIpc) is 2.56. The molecule has 2 rings (SSSR count). The maximum absolute atomic E-state index is 12.4. The Morgan fingerprint density at radius 2 is 1.88 bits per heavy atom. The molecule has 5 heteroatoms. The fourth-order valence-electron chi connectivity index (χ4n) is 2.59. The summed E-state index contributed by atoms with van der Waals surface area (Å²) in [5.74, 6) is 0.548. The van der Waals surface area contributed by atoms with E-state index in [9.17, 15) is 4.79 Å². The van der Waals surface area contributed by atoms with Gasteiger partial charge in [0.15, 0.2) is 0 Å². The maximum atomic E-state index is 12.4. The van der Waals surface area contributed by atoms with Crippen molar-refractivity contribution >= 4 is 33.2 Å². The van der Waals surface area contributed by atoms with Crippen molar-refractivity contribution in [3.05, 3.63) is 52.5 Å². The van der Waals surface area contributed by atoms with E-state index in [2.05, 4.69) is 46.9 Å². The molecule has 128 valence electrons. The predicted molar refractivity (Wildman–Crippen MR) is 103 cm³/mol. The number of carbonyl (C=O) groups is 1. The van der Waals surface area contributed by atoms with E-state index in [0.29, 0.717) is 17.4 Å². The Hall–Kier alpha value is -2.01. The van der Waals surface area contributed by atoms with Crippen LogP contribution in [-0.2, 0) is 0 Å². The number of anilines is 2. The second kappa shape index (κ2) is 8.20. The van der Waals surface area contributed by atoms with Gasteiger partial charge in [-0.3, -0.25) is 4.79 Å². The van der Waals surface area contributed by atoms with Gasteiger partial charge in [-0.2, -0.15) is 0 Å². The largest absolute Gasteiger partial charge is 0.496 e. The van der Waals surface area contributed by atoms with Gasteiger partial charge >= 0.3 is 0 Å². The lowest BCUT2D eigenvalue weighted by molar-refractivity contribution is 0.102. The van der Waals surface area contributed by atoms with Crippen molar-refractivity contribution < 1.29 is 9.53 Å². The van der Waals surface area contributed by atoms with Gasteiger partial charge in [-0.15, -0.1) is 0 Å². The zero-order chi connectivity index (χ0) is 17.7. The van der Waals surface area contributed by atoms with E-state index in [1.807, 2.05) is 24.3 Å². The van der Waals surface area contributed by atoms with E-state index in [0.717, 1.165) is 22.4 Å². The molecule has 0 aliphatic carbocycles. The molecule has 0 atom stereocenters. The molecule has 0 spiro atoms. The van der Waals surface area contributed by atoms with E-state index in [4.69, 9.17) is 4.74 Å². The Kier molecular flexibility index (Phi) is 6.26. The van der Waals surface area contributed by atoms with Gasteiger partial charge in [0.25, 0.3) is 5.91 Å². The number of hydrogen-bond donors (Lipinski definition) is 1. The number of rotatable bonds is 6. The van der Waals surface area contributed by atoms with Crippen LogP contribution < -0.4 is 15.0 Å². The molecular weight excluding hydrogens is 368 g/mol. The lowest BCUT2D eigenvalue weighted by Gasteiger charge is -2.27. The minimum Gasteiger partial charge on any atom is -0.496 e. The molecule has 0 heterocycles. The molecular formula is C19H23BrN2O2. The summed E-state index contributed by atoms with van der Waals surface area (Å²) >= 11 is 3.40. The van der Waals surface area contributed by atoms with Gasteiger partial charge in [-0.05, 0) is 79.2 Å². The summed E-state index contributed by atoms with van der Waals surface area (Å²) in [5.41, 5.74) is 2.50. The maximum Gasteiger partial charge on any atom is 0.255 e. The smallest absolute Gasteiger partial charge is 0.255 e. The zero-order valence-electron chi connectivity index (χ0n) is 14.5. The molecule has 0 aliphatic rings. The molecule has 24 heavy (non-hydrogen) atoms. The fourth-order valence-corrected chi connectivity index (χ4v) is 3.13. The van der Waals surface area contributed by atoms with Crippen molar-refractivity contribution in [1.29, 1.82) is 0 Å². The van der Waals surface area contributed by atoms with Crippen LogP contribution in [0.25, 0.3) is 0 Å². The topological polar surface area (TPSA) is 41.6 Å². The van der Waals surface area contributed by atoms with Crippen LogP contribution in [0, 0.1) is 0 Å². The Bertz CT molecular complexity index is 699. The Morgan fingerprint density at radius 1 is 1.21 bits per heavy atom. The van der Waals surface area contributed by atoms with Crippen molar-refractivity contribution in [3.8, 4) is 5.75 Å². The first-order valence-corrected chi connectivity index (χ1v) is 8.77. The first kappa shape index (κ1) is 18.3. The van der Waals surface area contributed by atoms with Crippen LogP contribution in [0.4, 0.5) is 11.4 Å². The fraction of sp³-hybridized carbons (Fsp3) is 0.316. The minimum atomic E-state index is -0.151. The second-order valence-corrected chi connectivity index (χ2v) is 6.58. The van der Waals surface area contributed by atoms with E-state index in [1.165, 1.54) is 0 Å². The van der Waals surface area contributed by atoms with Gasteiger partial charge in [0, 0.05) is 29.5 Å². The molecule has 0 fully saturated rings. The third-order valence-corrected chi connectivity index (χ3v) is 4.45. The number of nitrogens with zero attached hydrogens (tertiary/aromatic N) is 1. The molecule has 0 aromatic heterocycles. The predicted octanol–water partition coefficient (Wildman–Crippen LogP) is 4.94. The number of benzene rings is 2. The molecule has 0 saturated carbocycles. The second-order valence-electron chi connectivity index (χ2n) is 5.73. The number of hydrogen-bond acceptors (Lipinski definition) is 3. The summed E-state index contributed by atoms with van der Waals surface area (Å²) in [6.45, 7) is 7.42. The monoisotopic (exact) mass is 390 g/mol. The highest BCUT2D eigenvalue weighted by atomic mass is 79.9. The zero-order valence-corrected chi connectivity index (χ0v) is 16.1. The van der Waals surface area contributed by atoms with Crippen molar-refractivity contribution in [2.45, 2.75) is 26.8 Å². The van der Waals surface area contributed by atoms with Gasteiger partial charge in [-0.25, -0.2) is 0 Å². The quantitative estimate of drug-likeness (QED) is 0.758. The third kappa shape index (κ3) is 4.29. The molecule has 0 aliphatic heterocycles. The average molecular weight is 391 g/mol. The van der Waals surface area contributed by atoms with E-state index >= 15 is 0 Å². The highest BCUT2D eigenvalue weighted by molar-refractivity contribution is 9.10. The molecule has 2 aromatic carbocycles. The van der Waals surface area contributed by atoms with Gasteiger partial charge in [0.2, 0.25) is 0 Å². The third-order valence-electron chi connectivity index (χ3n) is 3.83. The molecule has 0 radical (unpaired) electrons. The van der Waals surface area contributed by atoms with Crippen LogP contribution in [0.2, 0.25) is 0 Å². The number of carbonyl (C=O) groups excluding carboxylic acids is 1. The Morgan fingerprint density at radius 3 is 2.38 bits per heavy atom. The van der Waals surface area contributed by atoms with Gasteiger partial charge in [-0.1, -0.05) is 0 Å². The van der Waals surface area contributed by atoms with Crippen LogP contribution in [0.15, 0.2) is 46.9 Å². The molecule has 2 aromatic rings. The van der Waals surface area contributed by atoms with Crippen LogP contribution in [0.1, 0.15) is 31.1 Å². The number of ether oxygens (including phenoxy) is 1. The first-order valence-electron chi connectivity index (χ1n) is 7.97. The van der Waals surface area contributed by atoms with E-state index in [1.54, 1.807) is 25.3 Å². The molecule has 1 N–H and O–H groups in total. The summed E-state index contributed by atoms with van der Waals surface area (Å²) in [4.78, 5) is 14.7. The molecule has 4 nitrogen and oxygen atoms in total. The number of nitrogens with one attached hydrogen (secondary N) is 1. The van der Waals surface area contributed by atoms with Gasteiger partial charge < -0.3 is 15.0 Å². The molecule has 0 unspecified atom stereocenters. The van der Waals surface area contributed by atoms with Crippen molar-refractivity contribution in [3.63, 3.8) is 0 Å². The number of amides is 1. The standard InChI is InChI=1S/C19H23BrN2O2/c1-5-22(13(2)3)16-9-7-15(8-10-16)21-19(23)14-6-11-18(24-4)17(20)12-14/h6-13H,5H2,1-4H3,(H,21,23). The normalized spacial score (nSPS) is 10.6. The Labute approximate surface area is 151 Å². The van der Waals surface area contributed by atoms with E-state index < -0.39 is 0 Å². The minimum absolute atomic E-state index is 0.151. The summed E-state index contributed by atoms with van der Waals surface area (Å²) < 4.78 is 5.93. The SMILES string of the molecule is CCN(c1ccc(NC(=O)c2ccc(OC)c(Br)c2)cc1)C(C)C. The number of halogens is 1. The van der Waals surface area contributed by atoms with Crippen LogP contribution >= 0.6 is 15.9 Å². The van der Waals surface area contributed by atoms with Crippen molar-refractivity contribution in [2.24, 2.45) is 0 Å². The number of methoxy groups -OCH3 is 1. The van der Waals surface area contributed by atoms with Crippen LogP contribution in [-0.4, -0.2) is 25.6 Å². The van der Waals surface area contributed by atoms with Crippen LogP contribution in [0.3, 0.4) is 0 Å². The highest BCUT2D eigenvalue weighted by Crippen LogP contribution is 2.26.